The zero-order chi connectivity index (χ0) is 18.4. The van der Waals surface area contributed by atoms with Gasteiger partial charge in [-0.3, -0.25) is 4.79 Å². The molecule has 0 saturated heterocycles. The molecule has 2 aromatic rings. The van der Waals surface area contributed by atoms with Gasteiger partial charge in [-0.05, 0) is 37.8 Å². The number of ether oxygens (including phenoxy) is 2. The van der Waals surface area contributed by atoms with E-state index in [2.05, 4.69) is 10.3 Å². The Bertz CT molecular complexity index is 755. The molecule has 2 N–H and O–H groups in total. The first-order valence-corrected chi connectivity index (χ1v) is 8.98. The number of nitrogens with zero attached hydrogens (tertiary/aromatic N) is 1. The summed E-state index contributed by atoms with van der Waals surface area (Å²) in [6.45, 7) is 0. The summed E-state index contributed by atoms with van der Waals surface area (Å²) in [5, 5.41) is 12.9. The molecule has 0 aliphatic heterocycles. The van der Waals surface area contributed by atoms with Gasteiger partial charge in [0.1, 0.15) is 5.75 Å². The predicted octanol–water partition coefficient (Wildman–Crippen LogP) is 4.15. The van der Waals surface area contributed by atoms with E-state index in [4.69, 9.17) is 9.47 Å². The van der Waals surface area contributed by atoms with Crippen LogP contribution in [0.4, 0.5) is 5.69 Å². The summed E-state index contributed by atoms with van der Waals surface area (Å²) in [6, 6.07) is 8.83. The zero-order valence-corrected chi connectivity index (χ0v) is 14.9. The normalized spacial score (nSPS) is 15.1. The van der Waals surface area contributed by atoms with E-state index >= 15 is 0 Å². The molecule has 6 heteroatoms. The molecule has 1 fully saturated rings. The number of carbonyl (C=O) groups excluding carboxylic acids is 1. The summed E-state index contributed by atoms with van der Waals surface area (Å²) in [7, 11) is 1.42. The van der Waals surface area contributed by atoms with E-state index in [0.29, 0.717) is 11.4 Å². The predicted molar refractivity (Wildman–Crippen MR) is 99.0 cm³/mol. The number of pyridine rings is 1. The van der Waals surface area contributed by atoms with Gasteiger partial charge >= 0.3 is 0 Å². The number of hydrogen-bond acceptors (Lipinski definition) is 5. The fraction of sp³-hybridized carbons (Fsp3) is 0.400. The van der Waals surface area contributed by atoms with Crippen molar-refractivity contribution < 1.29 is 19.4 Å². The van der Waals surface area contributed by atoms with E-state index in [1.165, 1.54) is 45.1 Å². The van der Waals surface area contributed by atoms with Crippen molar-refractivity contribution >= 4 is 11.6 Å². The topological polar surface area (TPSA) is 80.7 Å². The minimum absolute atomic E-state index is 0.0892. The van der Waals surface area contributed by atoms with Crippen LogP contribution in [0.15, 0.2) is 36.5 Å². The van der Waals surface area contributed by atoms with Crippen LogP contribution in [0, 0.1) is 0 Å². The second kappa shape index (κ2) is 8.56. The second-order valence-corrected chi connectivity index (χ2v) is 6.39. The van der Waals surface area contributed by atoms with Crippen LogP contribution in [0.2, 0.25) is 0 Å². The lowest BCUT2D eigenvalue weighted by molar-refractivity contribution is 0.101. The molecule has 0 atom stereocenters. The first-order valence-electron chi connectivity index (χ1n) is 8.98. The molecule has 1 aliphatic carbocycles. The Labute approximate surface area is 153 Å². The number of methoxy groups -OCH3 is 1. The van der Waals surface area contributed by atoms with Crippen LogP contribution < -0.4 is 14.8 Å². The summed E-state index contributed by atoms with van der Waals surface area (Å²) >= 11 is 0. The van der Waals surface area contributed by atoms with Crippen molar-refractivity contribution in [3.05, 3.63) is 42.2 Å². The molecule has 0 spiro atoms. The summed E-state index contributed by atoms with van der Waals surface area (Å²) in [4.78, 5) is 16.5. The van der Waals surface area contributed by atoms with E-state index in [1.807, 2.05) is 18.2 Å². The highest BCUT2D eigenvalue weighted by Gasteiger charge is 2.20. The third kappa shape index (κ3) is 4.25. The largest absolute Gasteiger partial charge is 0.503 e. The van der Waals surface area contributed by atoms with Gasteiger partial charge in [-0.2, -0.15) is 0 Å². The standard InChI is InChI=1S/C20H24N2O4/c1-25-17-12-13-21-18(19(17)23)20(24)22-15-10-6-7-11-16(15)26-14-8-4-2-3-5-9-14/h6-7,10-14,23H,2-5,8-9H2,1H3,(H,22,24). The highest BCUT2D eigenvalue weighted by atomic mass is 16.5. The average Bonchev–Trinajstić information content (AvgIpc) is 2.92. The van der Waals surface area contributed by atoms with Crippen molar-refractivity contribution in [2.45, 2.75) is 44.6 Å². The van der Waals surface area contributed by atoms with Crippen molar-refractivity contribution in [1.82, 2.24) is 4.98 Å². The van der Waals surface area contributed by atoms with Crippen LogP contribution in [-0.4, -0.2) is 29.2 Å². The third-order valence-electron chi connectivity index (χ3n) is 4.55. The van der Waals surface area contributed by atoms with Crippen LogP contribution in [0.1, 0.15) is 49.0 Å². The quantitative estimate of drug-likeness (QED) is 0.787. The smallest absolute Gasteiger partial charge is 0.278 e. The molecule has 3 rings (SSSR count). The van der Waals surface area contributed by atoms with E-state index in [-0.39, 0.29) is 23.3 Å². The Kier molecular flexibility index (Phi) is 5.94. The number of nitrogens with one attached hydrogen (secondary N) is 1. The maximum absolute atomic E-state index is 12.6. The monoisotopic (exact) mass is 356 g/mol. The molecule has 0 radical (unpaired) electrons. The Morgan fingerprint density at radius 2 is 1.85 bits per heavy atom. The average molecular weight is 356 g/mol. The van der Waals surface area contributed by atoms with Crippen molar-refractivity contribution in [3.8, 4) is 17.2 Å². The molecule has 138 valence electrons. The number of para-hydroxylation sites is 2. The molecular weight excluding hydrogens is 332 g/mol. The van der Waals surface area contributed by atoms with Gasteiger partial charge in [0.15, 0.2) is 17.2 Å². The zero-order valence-electron chi connectivity index (χ0n) is 14.9. The van der Waals surface area contributed by atoms with E-state index in [0.717, 1.165) is 12.8 Å². The number of benzene rings is 1. The van der Waals surface area contributed by atoms with Gasteiger partial charge in [-0.25, -0.2) is 4.98 Å². The van der Waals surface area contributed by atoms with Gasteiger partial charge in [0.05, 0.1) is 18.9 Å². The number of rotatable bonds is 5. The lowest BCUT2D eigenvalue weighted by atomic mass is 10.1. The number of carbonyl (C=O) groups is 1. The molecule has 26 heavy (non-hydrogen) atoms. The molecule has 0 bridgehead atoms. The molecule has 0 unspecified atom stereocenters. The summed E-state index contributed by atoms with van der Waals surface area (Å²) in [5.74, 6) is 0.0382. The van der Waals surface area contributed by atoms with Gasteiger partial charge in [0.25, 0.3) is 5.91 Å². The van der Waals surface area contributed by atoms with Gasteiger partial charge in [0, 0.05) is 12.3 Å². The third-order valence-corrected chi connectivity index (χ3v) is 4.55. The first kappa shape index (κ1) is 18.0. The number of hydrogen-bond donors (Lipinski definition) is 2. The van der Waals surface area contributed by atoms with Crippen LogP contribution in [0.3, 0.4) is 0 Å². The summed E-state index contributed by atoms with van der Waals surface area (Å²) in [6.07, 6.45) is 8.47. The lowest BCUT2D eigenvalue weighted by Gasteiger charge is -2.19. The molecular formula is C20H24N2O4. The number of aromatic hydroxyl groups is 1. The van der Waals surface area contributed by atoms with Gasteiger partial charge in [0.2, 0.25) is 0 Å². The van der Waals surface area contributed by atoms with Gasteiger partial charge in [-0.1, -0.05) is 25.0 Å². The lowest BCUT2D eigenvalue weighted by Crippen LogP contribution is -2.18. The van der Waals surface area contributed by atoms with E-state index in [1.54, 1.807) is 6.07 Å². The Morgan fingerprint density at radius 3 is 2.58 bits per heavy atom. The SMILES string of the molecule is COc1ccnc(C(=O)Nc2ccccc2OC2CCCCCC2)c1O. The molecule has 1 saturated carbocycles. The molecule has 6 nitrogen and oxygen atoms in total. The van der Waals surface area contributed by atoms with Crippen molar-refractivity contribution in [2.24, 2.45) is 0 Å². The molecule has 1 heterocycles. The minimum atomic E-state index is -0.515. The highest BCUT2D eigenvalue weighted by molar-refractivity contribution is 6.05. The summed E-state index contributed by atoms with van der Waals surface area (Å²) in [5.41, 5.74) is 0.472. The van der Waals surface area contributed by atoms with Gasteiger partial charge in [-0.15, -0.1) is 0 Å². The molecule has 1 aromatic carbocycles. The van der Waals surface area contributed by atoms with E-state index < -0.39 is 5.91 Å². The van der Waals surface area contributed by atoms with Crippen LogP contribution >= 0.6 is 0 Å². The molecule has 1 aliphatic rings. The molecule has 1 amide bonds. The van der Waals surface area contributed by atoms with Crippen LogP contribution in [0.25, 0.3) is 0 Å². The van der Waals surface area contributed by atoms with Gasteiger partial charge < -0.3 is 19.9 Å². The van der Waals surface area contributed by atoms with Crippen LogP contribution in [-0.2, 0) is 0 Å². The highest BCUT2D eigenvalue weighted by Crippen LogP contribution is 2.31. The van der Waals surface area contributed by atoms with Crippen LogP contribution in [0.5, 0.6) is 17.2 Å². The number of aromatic nitrogens is 1. The Hall–Kier alpha value is -2.76. The Balaban J connectivity index is 1.76. The second-order valence-electron chi connectivity index (χ2n) is 6.39. The molecule has 1 aromatic heterocycles. The van der Waals surface area contributed by atoms with Crippen molar-refractivity contribution in [1.29, 1.82) is 0 Å². The van der Waals surface area contributed by atoms with E-state index in [9.17, 15) is 9.90 Å². The maximum Gasteiger partial charge on any atom is 0.278 e. The maximum atomic E-state index is 12.6. The number of amides is 1. The fourth-order valence-electron chi connectivity index (χ4n) is 3.16. The minimum Gasteiger partial charge on any atom is -0.503 e. The fourth-order valence-corrected chi connectivity index (χ4v) is 3.16. The number of anilines is 1. The Morgan fingerprint density at radius 1 is 1.12 bits per heavy atom. The van der Waals surface area contributed by atoms with Crippen molar-refractivity contribution in [2.75, 3.05) is 12.4 Å². The first-order chi connectivity index (χ1) is 12.7. The summed E-state index contributed by atoms with van der Waals surface area (Å²) < 4.78 is 11.2. The van der Waals surface area contributed by atoms with Crippen molar-refractivity contribution in [3.63, 3.8) is 0 Å².